The van der Waals surface area contributed by atoms with Crippen LogP contribution in [-0.4, -0.2) is 43.5 Å². The SMILES string of the molecule is CCN1CCN(c2ccc(NC(=O)CC34CC5CC(CC(C5)C3)C4)cc2Cl)CC1. The molecule has 1 heterocycles. The van der Waals surface area contributed by atoms with E-state index in [9.17, 15) is 4.79 Å². The van der Waals surface area contributed by atoms with Crippen LogP contribution in [0.4, 0.5) is 11.4 Å². The number of anilines is 2. The first-order valence-corrected chi connectivity index (χ1v) is 12.0. The average molecular weight is 416 g/mol. The van der Waals surface area contributed by atoms with E-state index < -0.39 is 0 Å². The van der Waals surface area contributed by atoms with Gasteiger partial charge < -0.3 is 15.1 Å². The molecule has 0 radical (unpaired) electrons. The summed E-state index contributed by atoms with van der Waals surface area (Å²) in [6, 6.07) is 6.02. The van der Waals surface area contributed by atoms with Crippen LogP contribution in [0.15, 0.2) is 18.2 Å². The molecular formula is C24H34ClN3O. The molecule has 5 aliphatic rings. The summed E-state index contributed by atoms with van der Waals surface area (Å²) in [6.07, 6.45) is 8.77. The average Bonchev–Trinajstić information content (AvgIpc) is 2.66. The van der Waals surface area contributed by atoms with Crippen molar-refractivity contribution >= 4 is 28.9 Å². The van der Waals surface area contributed by atoms with Crippen molar-refractivity contribution in [2.75, 3.05) is 42.9 Å². The number of nitrogens with one attached hydrogen (secondary N) is 1. The molecule has 29 heavy (non-hydrogen) atoms. The lowest BCUT2D eigenvalue weighted by atomic mass is 9.49. The summed E-state index contributed by atoms with van der Waals surface area (Å²) in [6.45, 7) is 7.49. The molecule has 5 heteroatoms. The van der Waals surface area contributed by atoms with Crippen LogP contribution in [0.25, 0.3) is 0 Å². The molecule has 1 N–H and O–H groups in total. The normalized spacial score (nSPS) is 33.9. The third kappa shape index (κ3) is 4.03. The number of hydrogen-bond acceptors (Lipinski definition) is 3. The zero-order chi connectivity index (χ0) is 20.0. The number of likely N-dealkylation sites (N-methyl/N-ethyl adjacent to an activating group) is 1. The van der Waals surface area contributed by atoms with Gasteiger partial charge in [0, 0.05) is 38.3 Å². The lowest BCUT2D eigenvalue weighted by Crippen LogP contribution is -2.47. The van der Waals surface area contributed by atoms with Gasteiger partial charge in [-0.15, -0.1) is 0 Å². The lowest BCUT2D eigenvalue weighted by molar-refractivity contribution is -0.124. The molecule has 0 atom stereocenters. The van der Waals surface area contributed by atoms with Gasteiger partial charge in [0.25, 0.3) is 0 Å². The van der Waals surface area contributed by atoms with Gasteiger partial charge in [0.2, 0.25) is 5.91 Å². The molecular weight excluding hydrogens is 382 g/mol. The molecule has 4 aliphatic carbocycles. The maximum absolute atomic E-state index is 12.9. The van der Waals surface area contributed by atoms with Gasteiger partial charge >= 0.3 is 0 Å². The zero-order valence-corrected chi connectivity index (χ0v) is 18.4. The van der Waals surface area contributed by atoms with Gasteiger partial charge in [-0.25, -0.2) is 0 Å². The van der Waals surface area contributed by atoms with Gasteiger partial charge in [0.05, 0.1) is 10.7 Å². The minimum atomic E-state index is 0.173. The second kappa shape index (κ2) is 7.77. The molecule has 1 aliphatic heterocycles. The van der Waals surface area contributed by atoms with E-state index in [1.54, 1.807) is 0 Å². The van der Waals surface area contributed by atoms with Crippen LogP contribution in [-0.2, 0) is 4.79 Å². The first-order chi connectivity index (χ1) is 14.0. The predicted octanol–water partition coefficient (Wildman–Crippen LogP) is 5.03. The third-order valence-electron chi connectivity index (χ3n) is 8.09. The Hall–Kier alpha value is -1.26. The molecule has 6 rings (SSSR count). The van der Waals surface area contributed by atoms with E-state index in [-0.39, 0.29) is 11.3 Å². The second-order valence-electron chi connectivity index (χ2n) is 10.2. The Morgan fingerprint density at radius 1 is 1.07 bits per heavy atom. The van der Waals surface area contributed by atoms with E-state index in [0.717, 1.165) is 66.9 Å². The Labute approximate surface area is 180 Å². The maximum Gasteiger partial charge on any atom is 0.224 e. The highest BCUT2D eigenvalue weighted by Crippen LogP contribution is 2.61. The summed E-state index contributed by atoms with van der Waals surface area (Å²) in [4.78, 5) is 17.7. The van der Waals surface area contributed by atoms with Crippen molar-refractivity contribution in [1.29, 1.82) is 0 Å². The van der Waals surface area contributed by atoms with Crippen molar-refractivity contribution in [3.63, 3.8) is 0 Å². The Kier molecular flexibility index (Phi) is 5.28. The number of benzene rings is 1. The number of carbonyl (C=O) groups excluding carboxylic acids is 1. The summed E-state index contributed by atoms with van der Waals surface area (Å²) in [5.74, 6) is 2.83. The molecule has 1 aromatic rings. The second-order valence-corrected chi connectivity index (χ2v) is 10.6. The molecule has 0 spiro atoms. The van der Waals surface area contributed by atoms with E-state index >= 15 is 0 Å². The summed E-state index contributed by atoms with van der Waals surface area (Å²) in [5, 5.41) is 3.89. The van der Waals surface area contributed by atoms with Gasteiger partial charge in [0.15, 0.2) is 0 Å². The number of carbonyl (C=O) groups is 1. The standard InChI is InChI=1S/C24H34ClN3O/c1-2-27-5-7-28(8-6-27)22-4-3-20(12-21(22)25)26-23(29)16-24-13-17-9-18(14-24)11-19(10-17)15-24/h3-4,12,17-19H,2,5-11,13-16H2,1H3,(H,26,29). The molecule has 1 aromatic carbocycles. The molecule has 4 nitrogen and oxygen atoms in total. The molecule has 1 saturated heterocycles. The van der Waals surface area contributed by atoms with Gasteiger partial charge in [-0.05, 0) is 86.4 Å². The molecule has 5 fully saturated rings. The predicted molar refractivity (Wildman–Crippen MR) is 120 cm³/mol. The van der Waals surface area contributed by atoms with Crippen molar-refractivity contribution in [1.82, 2.24) is 4.90 Å². The number of rotatable bonds is 5. The Morgan fingerprint density at radius 3 is 2.24 bits per heavy atom. The van der Waals surface area contributed by atoms with Crippen LogP contribution < -0.4 is 10.2 Å². The van der Waals surface area contributed by atoms with Crippen LogP contribution in [0.3, 0.4) is 0 Å². The van der Waals surface area contributed by atoms with Crippen molar-refractivity contribution < 1.29 is 4.79 Å². The van der Waals surface area contributed by atoms with Crippen LogP contribution in [0.2, 0.25) is 5.02 Å². The van der Waals surface area contributed by atoms with Crippen molar-refractivity contribution in [3.8, 4) is 0 Å². The van der Waals surface area contributed by atoms with Gasteiger partial charge in [-0.2, -0.15) is 0 Å². The summed E-state index contributed by atoms with van der Waals surface area (Å²) in [5.41, 5.74) is 2.20. The summed E-state index contributed by atoms with van der Waals surface area (Å²) < 4.78 is 0. The van der Waals surface area contributed by atoms with Crippen LogP contribution >= 0.6 is 11.6 Å². The topological polar surface area (TPSA) is 35.6 Å². The van der Waals surface area contributed by atoms with E-state index in [1.165, 1.54) is 38.5 Å². The number of amides is 1. The van der Waals surface area contributed by atoms with Crippen molar-refractivity contribution in [2.24, 2.45) is 23.2 Å². The molecule has 1 amide bonds. The zero-order valence-electron chi connectivity index (χ0n) is 17.6. The fourth-order valence-electron chi connectivity index (χ4n) is 7.20. The highest BCUT2D eigenvalue weighted by atomic mass is 35.5. The Bertz CT molecular complexity index is 736. The maximum atomic E-state index is 12.9. The van der Waals surface area contributed by atoms with Gasteiger partial charge in [-0.3, -0.25) is 4.79 Å². The summed E-state index contributed by atoms with van der Waals surface area (Å²) >= 11 is 6.61. The first-order valence-electron chi connectivity index (χ1n) is 11.6. The number of nitrogens with zero attached hydrogens (tertiary/aromatic N) is 2. The fourth-order valence-corrected chi connectivity index (χ4v) is 7.50. The first kappa shape index (κ1) is 19.7. The van der Waals surface area contributed by atoms with Crippen molar-refractivity contribution in [3.05, 3.63) is 23.2 Å². The Morgan fingerprint density at radius 2 is 1.69 bits per heavy atom. The smallest absolute Gasteiger partial charge is 0.224 e. The van der Waals surface area contributed by atoms with E-state index in [2.05, 4.69) is 28.1 Å². The quantitative estimate of drug-likeness (QED) is 0.732. The molecule has 0 aromatic heterocycles. The molecule has 4 saturated carbocycles. The monoisotopic (exact) mass is 415 g/mol. The van der Waals surface area contributed by atoms with Gasteiger partial charge in [-0.1, -0.05) is 18.5 Å². The largest absolute Gasteiger partial charge is 0.368 e. The number of piperazine rings is 1. The minimum absolute atomic E-state index is 0.173. The molecule has 0 unspecified atom stereocenters. The molecule has 4 bridgehead atoms. The van der Waals surface area contributed by atoms with Gasteiger partial charge in [0.1, 0.15) is 0 Å². The van der Waals surface area contributed by atoms with Crippen LogP contribution in [0.5, 0.6) is 0 Å². The lowest BCUT2D eigenvalue weighted by Gasteiger charge is -2.56. The Balaban J connectivity index is 1.21. The van der Waals surface area contributed by atoms with E-state index in [1.807, 2.05) is 12.1 Å². The number of halogens is 1. The summed E-state index contributed by atoms with van der Waals surface area (Å²) in [7, 11) is 0. The fraction of sp³-hybridized carbons (Fsp3) is 0.708. The molecule has 158 valence electrons. The highest BCUT2D eigenvalue weighted by Gasteiger charge is 2.51. The number of hydrogen-bond donors (Lipinski definition) is 1. The minimum Gasteiger partial charge on any atom is -0.368 e. The van der Waals surface area contributed by atoms with Crippen LogP contribution in [0, 0.1) is 23.2 Å². The van der Waals surface area contributed by atoms with Crippen LogP contribution in [0.1, 0.15) is 51.9 Å². The van der Waals surface area contributed by atoms with E-state index in [0.29, 0.717) is 6.42 Å². The third-order valence-corrected chi connectivity index (χ3v) is 8.39. The van der Waals surface area contributed by atoms with Crippen molar-refractivity contribution in [2.45, 2.75) is 51.9 Å². The highest BCUT2D eigenvalue weighted by molar-refractivity contribution is 6.33. The van der Waals surface area contributed by atoms with E-state index in [4.69, 9.17) is 11.6 Å².